The van der Waals surface area contributed by atoms with E-state index in [-0.39, 0.29) is 0 Å². The molecule has 0 aromatic heterocycles. The average molecular weight is 308 g/mol. The van der Waals surface area contributed by atoms with Gasteiger partial charge in [0.25, 0.3) is 0 Å². The highest BCUT2D eigenvalue weighted by Gasteiger charge is 2.04. The number of benzene rings is 1. The van der Waals surface area contributed by atoms with E-state index >= 15 is 0 Å². The van der Waals surface area contributed by atoms with Crippen LogP contribution < -0.4 is 11.1 Å². The van der Waals surface area contributed by atoms with Gasteiger partial charge in [-0.15, -0.1) is 0 Å². The lowest BCUT2D eigenvalue weighted by Crippen LogP contribution is -2.11. The van der Waals surface area contributed by atoms with Crippen LogP contribution in [-0.2, 0) is 0 Å². The molecule has 1 aromatic rings. The van der Waals surface area contributed by atoms with E-state index in [0.29, 0.717) is 6.04 Å². The van der Waals surface area contributed by atoms with Crippen molar-refractivity contribution in [2.75, 3.05) is 11.1 Å². The minimum Gasteiger partial charge on any atom is -0.397 e. The molecule has 4 heteroatoms. The van der Waals surface area contributed by atoms with Gasteiger partial charge in [0, 0.05) is 15.0 Å². The van der Waals surface area contributed by atoms with Gasteiger partial charge in [0.1, 0.15) is 0 Å². The second kappa shape index (κ2) is 4.33. The summed E-state index contributed by atoms with van der Waals surface area (Å²) in [6.07, 6.45) is 0. The smallest absolute Gasteiger partial charge is 0.0588 e. The molecule has 13 heavy (non-hydrogen) atoms. The molecule has 0 fully saturated rings. The van der Waals surface area contributed by atoms with Gasteiger partial charge in [0.2, 0.25) is 0 Å². The third kappa shape index (κ3) is 2.88. The van der Waals surface area contributed by atoms with Gasteiger partial charge in [-0.1, -0.05) is 0 Å². The minimum atomic E-state index is 0.385. The first kappa shape index (κ1) is 10.9. The number of hydrogen-bond donors (Lipinski definition) is 2. The summed E-state index contributed by atoms with van der Waals surface area (Å²) in [5.41, 5.74) is 7.54. The molecule has 0 atom stereocenters. The van der Waals surface area contributed by atoms with Crippen molar-refractivity contribution >= 4 is 43.2 Å². The van der Waals surface area contributed by atoms with E-state index in [9.17, 15) is 0 Å². The zero-order valence-corrected chi connectivity index (χ0v) is 10.7. The highest BCUT2D eigenvalue weighted by atomic mass is 79.9. The van der Waals surface area contributed by atoms with Crippen molar-refractivity contribution in [1.82, 2.24) is 0 Å². The first-order valence-corrected chi connectivity index (χ1v) is 5.60. The fraction of sp³-hybridized carbons (Fsp3) is 0.333. The molecule has 3 N–H and O–H groups in total. The van der Waals surface area contributed by atoms with E-state index in [1.807, 2.05) is 12.1 Å². The van der Waals surface area contributed by atoms with Crippen LogP contribution in [0.25, 0.3) is 0 Å². The van der Waals surface area contributed by atoms with Crippen LogP contribution in [0, 0.1) is 0 Å². The zero-order chi connectivity index (χ0) is 10.0. The molecule has 1 aromatic carbocycles. The summed E-state index contributed by atoms with van der Waals surface area (Å²) in [7, 11) is 0. The fourth-order valence-electron chi connectivity index (χ4n) is 0.998. The van der Waals surface area contributed by atoms with E-state index in [4.69, 9.17) is 5.73 Å². The first-order valence-electron chi connectivity index (χ1n) is 4.01. The molecule has 1 rings (SSSR count). The molecule has 0 heterocycles. The maximum absolute atomic E-state index is 5.83. The van der Waals surface area contributed by atoms with Gasteiger partial charge in [0.05, 0.1) is 11.4 Å². The maximum atomic E-state index is 5.83. The molecule has 0 bridgehead atoms. The van der Waals surface area contributed by atoms with E-state index in [1.165, 1.54) is 0 Å². The van der Waals surface area contributed by atoms with Crippen LogP contribution >= 0.6 is 31.9 Å². The predicted octanol–water partition coefficient (Wildman–Crippen LogP) is 3.61. The quantitative estimate of drug-likeness (QED) is 0.819. The Bertz CT molecular complexity index is 311. The molecular weight excluding hydrogens is 296 g/mol. The average Bonchev–Trinajstić information content (AvgIpc) is 1.99. The van der Waals surface area contributed by atoms with Crippen molar-refractivity contribution in [1.29, 1.82) is 0 Å². The van der Waals surface area contributed by atoms with Crippen LogP contribution in [-0.4, -0.2) is 6.04 Å². The molecule has 0 aliphatic carbocycles. The Morgan fingerprint density at radius 1 is 1.23 bits per heavy atom. The molecule has 0 unspecified atom stereocenters. The van der Waals surface area contributed by atoms with Crippen LogP contribution in [0.1, 0.15) is 13.8 Å². The number of anilines is 2. The van der Waals surface area contributed by atoms with Crippen molar-refractivity contribution in [2.45, 2.75) is 19.9 Å². The summed E-state index contributed by atoms with van der Waals surface area (Å²) in [6.45, 7) is 4.16. The third-order valence-corrected chi connectivity index (χ3v) is 3.38. The molecule has 0 radical (unpaired) electrons. The van der Waals surface area contributed by atoms with Gasteiger partial charge in [-0.25, -0.2) is 0 Å². The van der Waals surface area contributed by atoms with Crippen molar-refractivity contribution in [3.8, 4) is 0 Å². The Hall–Kier alpha value is -0.220. The largest absolute Gasteiger partial charge is 0.397 e. The lowest BCUT2D eigenvalue weighted by atomic mass is 10.2. The molecule has 0 aliphatic rings. The zero-order valence-electron chi connectivity index (χ0n) is 7.57. The van der Waals surface area contributed by atoms with E-state index in [1.54, 1.807) is 0 Å². The monoisotopic (exact) mass is 306 g/mol. The summed E-state index contributed by atoms with van der Waals surface area (Å²) in [4.78, 5) is 0. The van der Waals surface area contributed by atoms with Gasteiger partial charge in [-0.3, -0.25) is 0 Å². The van der Waals surface area contributed by atoms with E-state index in [2.05, 4.69) is 51.0 Å². The number of nitrogen functional groups attached to an aromatic ring is 1. The number of rotatable bonds is 2. The van der Waals surface area contributed by atoms with E-state index < -0.39 is 0 Å². The molecule has 72 valence electrons. The normalized spacial score (nSPS) is 10.5. The van der Waals surface area contributed by atoms with Crippen LogP contribution in [0.5, 0.6) is 0 Å². The number of halogens is 2. The van der Waals surface area contributed by atoms with Gasteiger partial charge in [-0.05, 0) is 57.8 Å². The number of nitrogens with two attached hydrogens (primary N) is 1. The van der Waals surface area contributed by atoms with Crippen LogP contribution in [0.4, 0.5) is 11.4 Å². The molecule has 0 aliphatic heterocycles. The van der Waals surface area contributed by atoms with Gasteiger partial charge < -0.3 is 11.1 Å². The second-order valence-corrected chi connectivity index (χ2v) is 4.86. The summed E-state index contributed by atoms with van der Waals surface area (Å²) in [5, 5.41) is 3.27. The molecule has 0 saturated carbocycles. The van der Waals surface area contributed by atoms with Gasteiger partial charge in [0.15, 0.2) is 0 Å². The predicted molar refractivity (Wildman–Crippen MR) is 65.0 cm³/mol. The topological polar surface area (TPSA) is 38.0 Å². The van der Waals surface area contributed by atoms with Gasteiger partial charge >= 0.3 is 0 Å². The van der Waals surface area contributed by atoms with Crippen molar-refractivity contribution in [3.63, 3.8) is 0 Å². The lowest BCUT2D eigenvalue weighted by Gasteiger charge is -2.13. The van der Waals surface area contributed by atoms with Crippen LogP contribution in [0.15, 0.2) is 21.1 Å². The van der Waals surface area contributed by atoms with Gasteiger partial charge in [-0.2, -0.15) is 0 Å². The maximum Gasteiger partial charge on any atom is 0.0588 e. The fourth-order valence-corrected chi connectivity index (χ4v) is 1.70. The Labute approximate surface area is 95.2 Å². The Kier molecular flexibility index (Phi) is 3.62. The highest BCUT2D eigenvalue weighted by molar-refractivity contribution is 9.13. The van der Waals surface area contributed by atoms with Crippen molar-refractivity contribution in [3.05, 3.63) is 21.1 Å². The summed E-state index contributed by atoms with van der Waals surface area (Å²) in [5.74, 6) is 0. The van der Waals surface area contributed by atoms with E-state index in [0.717, 1.165) is 20.3 Å². The van der Waals surface area contributed by atoms with Crippen molar-refractivity contribution in [2.24, 2.45) is 0 Å². The summed E-state index contributed by atoms with van der Waals surface area (Å²) >= 11 is 6.82. The third-order valence-electron chi connectivity index (χ3n) is 1.54. The molecule has 2 nitrogen and oxygen atoms in total. The molecule has 0 spiro atoms. The SMILES string of the molecule is CC(C)Nc1cc(Br)c(Br)cc1N. The molecule has 0 saturated heterocycles. The minimum absolute atomic E-state index is 0.385. The Morgan fingerprint density at radius 2 is 1.77 bits per heavy atom. The molecule has 0 amide bonds. The summed E-state index contributed by atoms with van der Waals surface area (Å²) in [6, 6.07) is 4.24. The first-order chi connectivity index (χ1) is 6.00. The lowest BCUT2D eigenvalue weighted by molar-refractivity contribution is 0.900. The number of nitrogens with one attached hydrogen (secondary N) is 1. The standard InChI is InChI=1S/C9H12Br2N2/c1-5(2)13-9-4-7(11)6(10)3-8(9)12/h3-5,13H,12H2,1-2H3. The highest BCUT2D eigenvalue weighted by Crippen LogP contribution is 2.31. The van der Waals surface area contributed by atoms with Crippen LogP contribution in [0.2, 0.25) is 0 Å². The Balaban J connectivity index is 3.01. The summed E-state index contributed by atoms with van der Waals surface area (Å²) < 4.78 is 1.98. The number of hydrogen-bond acceptors (Lipinski definition) is 2. The molecular formula is C9H12Br2N2. The van der Waals surface area contributed by atoms with Crippen molar-refractivity contribution < 1.29 is 0 Å². The Morgan fingerprint density at radius 3 is 2.31 bits per heavy atom. The second-order valence-electron chi connectivity index (χ2n) is 3.15. The van der Waals surface area contributed by atoms with Crippen LogP contribution in [0.3, 0.4) is 0 Å².